The maximum absolute atomic E-state index is 12.8. The van der Waals surface area contributed by atoms with Crippen LogP contribution in [-0.2, 0) is 6.42 Å². The molecule has 1 atom stereocenters. The molecule has 0 spiro atoms. The van der Waals surface area contributed by atoms with Crippen molar-refractivity contribution in [2.75, 3.05) is 0 Å². The molecule has 0 aliphatic heterocycles. The fourth-order valence-electron chi connectivity index (χ4n) is 3.59. The van der Waals surface area contributed by atoms with Gasteiger partial charge in [-0.2, -0.15) is 17.6 Å². The molecule has 1 aromatic carbocycles. The second kappa shape index (κ2) is 9.44. The number of aryl methyl sites for hydroxylation is 1. The number of unbranched alkanes of at least 4 members (excludes halogenated alkanes) is 1. The molecule has 5 heteroatoms. The second-order valence-electron chi connectivity index (χ2n) is 7.19. The molecule has 25 heavy (non-hydrogen) atoms. The summed E-state index contributed by atoms with van der Waals surface area (Å²) >= 11 is 0. The van der Waals surface area contributed by atoms with E-state index >= 15 is 0 Å². The summed E-state index contributed by atoms with van der Waals surface area (Å²) in [6.07, 6.45) is 2.92. The van der Waals surface area contributed by atoms with Crippen molar-refractivity contribution in [3.63, 3.8) is 0 Å². The van der Waals surface area contributed by atoms with Gasteiger partial charge in [-0.05, 0) is 42.4 Å². The van der Waals surface area contributed by atoms with Crippen LogP contribution in [0.1, 0.15) is 63.9 Å². The predicted octanol–water partition coefficient (Wildman–Crippen LogP) is 6.85. The van der Waals surface area contributed by atoms with E-state index in [2.05, 4.69) is 11.7 Å². The van der Waals surface area contributed by atoms with E-state index in [1.165, 1.54) is 57.1 Å². The zero-order valence-corrected chi connectivity index (χ0v) is 14.8. The first-order valence-electron chi connectivity index (χ1n) is 9.35. The van der Waals surface area contributed by atoms with Crippen molar-refractivity contribution < 1.29 is 22.3 Å². The van der Waals surface area contributed by atoms with Crippen LogP contribution in [0.3, 0.4) is 0 Å². The van der Waals surface area contributed by atoms with E-state index in [-0.39, 0.29) is 5.75 Å². The average molecular weight is 360 g/mol. The van der Waals surface area contributed by atoms with Crippen LogP contribution in [0.4, 0.5) is 17.6 Å². The van der Waals surface area contributed by atoms with Gasteiger partial charge in [0.05, 0.1) is 0 Å². The third-order valence-corrected chi connectivity index (χ3v) is 5.19. The Labute approximate surface area is 147 Å². The lowest BCUT2D eigenvalue weighted by Gasteiger charge is -2.28. The zero-order chi connectivity index (χ0) is 18.3. The van der Waals surface area contributed by atoms with Gasteiger partial charge in [0.1, 0.15) is 5.75 Å². The Morgan fingerprint density at radius 2 is 1.56 bits per heavy atom. The summed E-state index contributed by atoms with van der Waals surface area (Å²) in [5.41, 5.74) is 1.06. The molecule has 0 radical (unpaired) electrons. The maximum Gasteiger partial charge on any atom is 0.457 e. The van der Waals surface area contributed by atoms with Gasteiger partial charge in [-0.25, -0.2) is 0 Å². The molecule has 1 fully saturated rings. The number of hydrogen-bond donors (Lipinski definition) is 0. The number of halogens is 4. The Morgan fingerprint density at radius 3 is 2.08 bits per heavy atom. The highest BCUT2D eigenvalue weighted by molar-refractivity contribution is 5.27. The van der Waals surface area contributed by atoms with Gasteiger partial charge in [0.15, 0.2) is 0 Å². The number of hydrogen-bond acceptors (Lipinski definition) is 1. The third-order valence-electron chi connectivity index (χ3n) is 5.19. The Morgan fingerprint density at radius 1 is 1.00 bits per heavy atom. The van der Waals surface area contributed by atoms with Crippen LogP contribution in [0.15, 0.2) is 24.3 Å². The Kier molecular flexibility index (Phi) is 7.57. The molecule has 1 saturated carbocycles. The molecule has 0 saturated heterocycles. The fourth-order valence-corrected chi connectivity index (χ4v) is 3.59. The topological polar surface area (TPSA) is 9.23 Å². The van der Waals surface area contributed by atoms with Gasteiger partial charge in [0.2, 0.25) is 0 Å². The van der Waals surface area contributed by atoms with Crippen molar-refractivity contribution in [2.45, 2.75) is 77.2 Å². The van der Waals surface area contributed by atoms with Crippen LogP contribution < -0.4 is 4.74 Å². The highest BCUT2D eigenvalue weighted by Crippen LogP contribution is 2.34. The van der Waals surface area contributed by atoms with Crippen LogP contribution in [-0.4, -0.2) is 12.5 Å². The molecule has 1 aliphatic carbocycles. The molecule has 0 amide bonds. The lowest BCUT2D eigenvalue weighted by molar-refractivity contribution is -0.236. The molecule has 0 aromatic heterocycles. The van der Waals surface area contributed by atoms with Crippen LogP contribution in [0.2, 0.25) is 0 Å². The Bertz CT molecular complexity index is 489. The molecular formula is C20H28F4O. The van der Waals surface area contributed by atoms with E-state index < -0.39 is 12.5 Å². The minimum Gasteiger partial charge on any atom is -0.452 e. The molecule has 1 unspecified atom stereocenters. The maximum atomic E-state index is 12.8. The molecule has 2 rings (SSSR count). The van der Waals surface area contributed by atoms with Crippen molar-refractivity contribution >= 4 is 0 Å². The average Bonchev–Trinajstić information content (AvgIpc) is 2.59. The molecule has 0 heterocycles. The zero-order valence-electron chi connectivity index (χ0n) is 14.8. The van der Waals surface area contributed by atoms with Gasteiger partial charge in [0, 0.05) is 0 Å². The van der Waals surface area contributed by atoms with E-state index in [4.69, 9.17) is 0 Å². The van der Waals surface area contributed by atoms with Gasteiger partial charge < -0.3 is 4.74 Å². The largest absolute Gasteiger partial charge is 0.457 e. The van der Waals surface area contributed by atoms with E-state index in [1.807, 2.05) is 0 Å². The first-order valence-corrected chi connectivity index (χ1v) is 9.35. The lowest BCUT2D eigenvalue weighted by Crippen LogP contribution is -2.29. The molecular weight excluding hydrogens is 332 g/mol. The highest BCUT2D eigenvalue weighted by atomic mass is 19.4. The standard InChI is InChI=1S/C20H28F4O/c1-2-3-4-15-5-7-16(8-6-15)9-10-17-11-13-18(14-12-17)25-19(21)20(22,23)24/h11-16,19H,2-10H2,1H3. The summed E-state index contributed by atoms with van der Waals surface area (Å²) < 4.78 is 53.5. The molecule has 142 valence electrons. The van der Waals surface area contributed by atoms with Gasteiger partial charge in [-0.1, -0.05) is 64.0 Å². The van der Waals surface area contributed by atoms with Crippen molar-refractivity contribution in [3.8, 4) is 5.75 Å². The van der Waals surface area contributed by atoms with Gasteiger partial charge in [-0.15, -0.1) is 0 Å². The number of ether oxygens (including phenoxy) is 1. The van der Waals surface area contributed by atoms with Crippen molar-refractivity contribution in [1.82, 2.24) is 0 Å². The van der Waals surface area contributed by atoms with Crippen molar-refractivity contribution in [2.24, 2.45) is 11.8 Å². The second-order valence-corrected chi connectivity index (χ2v) is 7.19. The van der Waals surface area contributed by atoms with Crippen LogP contribution in [0.5, 0.6) is 5.75 Å². The Hall–Kier alpha value is -1.26. The number of benzene rings is 1. The molecule has 0 bridgehead atoms. The van der Waals surface area contributed by atoms with Crippen molar-refractivity contribution in [1.29, 1.82) is 0 Å². The van der Waals surface area contributed by atoms with E-state index in [9.17, 15) is 17.6 Å². The minimum atomic E-state index is -4.99. The monoisotopic (exact) mass is 360 g/mol. The van der Waals surface area contributed by atoms with Gasteiger partial charge in [-0.3, -0.25) is 0 Å². The molecule has 1 aliphatic rings. The smallest absolute Gasteiger partial charge is 0.452 e. The summed E-state index contributed by atoms with van der Waals surface area (Å²) in [5.74, 6) is 1.55. The quantitative estimate of drug-likeness (QED) is 0.461. The van der Waals surface area contributed by atoms with Crippen LogP contribution in [0.25, 0.3) is 0 Å². The molecule has 0 N–H and O–H groups in total. The number of rotatable bonds is 8. The van der Waals surface area contributed by atoms with E-state index in [0.717, 1.165) is 30.2 Å². The summed E-state index contributed by atoms with van der Waals surface area (Å²) in [6, 6.07) is 6.28. The summed E-state index contributed by atoms with van der Waals surface area (Å²) in [7, 11) is 0. The predicted molar refractivity (Wildman–Crippen MR) is 91.3 cm³/mol. The first-order chi connectivity index (χ1) is 11.9. The van der Waals surface area contributed by atoms with Gasteiger partial charge in [0.25, 0.3) is 0 Å². The minimum absolute atomic E-state index is 0.0926. The number of alkyl halides is 4. The van der Waals surface area contributed by atoms with Crippen LogP contribution in [0, 0.1) is 11.8 Å². The lowest BCUT2D eigenvalue weighted by atomic mass is 9.78. The van der Waals surface area contributed by atoms with E-state index in [0.29, 0.717) is 0 Å². The SMILES string of the molecule is CCCCC1CCC(CCc2ccc(OC(F)C(F)(F)F)cc2)CC1. The third kappa shape index (κ3) is 6.87. The Balaban J connectivity index is 1.71. The van der Waals surface area contributed by atoms with Gasteiger partial charge >= 0.3 is 12.5 Å². The van der Waals surface area contributed by atoms with Crippen molar-refractivity contribution in [3.05, 3.63) is 29.8 Å². The molecule has 1 nitrogen and oxygen atoms in total. The first kappa shape index (κ1) is 20.1. The summed E-state index contributed by atoms with van der Waals surface area (Å²) in [5, 5.41) is 0. The normalized spacial score (nSPS) is 22.6. The van der Waals surface area contributed by atoms with E-state index in [1.54, 1.807) is 12.1 Å². The molecule has 1 aromatic rings. The fraction of sp³-hybridized carbons (Fsp3) is 0.700. The van der Waals surface area contributed by atoms with Crippen LogP contribution >= 0.6 is 0 Å². The highest BCUT2D eigenvalue weighted by Gasteiger charge is 2.42. The summed E-state index contributed by atoms with van der Waals surface area (Å²) in [4.78, 5) is 0. The summed E-state index contributed by atoms with van der Waals surface area (Å²) in [6.45, 7) is 2.23.